The second-order valence-corrected chi connectivity index (χ2v) is 3.82. The molecule has 0 amide bonds. The molecule has 0 aliphatic heterocycles. The lowest BCUT2D eigenvalue weighted by molar-refractivity contribution is 0.490. The third-order valence-electron chi connectivity index (χ3n) is 0.921. The van der Waals surface area contributed by atoms with Gasteiger partial charge < -0.3 is 10.3 Å². The fourth-order valence-electron chi connectivity index (χ4n) is 0.350. The van der Waals surface area contributed by atoms with Crippen molar-refractivity contribution in [2.24, 2.45) is 5.73 Å². The minimum absolute atomic E-state index is 0.267. The summed E-state index contributed by atoms with van der Waals surface area (Å²) in [5, 5.41) is 0. The Kier molecular flexibility index (Phi) is 3.32. The highest BCUT2D eigenvalue weighted by molar-refractivity contribution is 7.79. The van der Waals surface area contributed by atoms with Crippen LogP contribution in [0.2, 0.25) is 0 Å². The van der Waals surface area contributed by atoms with Gasteiger partial charge in [0.25, 0.3) is 0 Å². The van der Waals surface area contributed by atoms with Crippen LogP contribution < -0.4 is 5.73 Å². The van der Waals surface area contributed by atoms with Gasteiger partial charge in [0.15, 0.2) is 11.1 Å². The Morgan fingerprint density at radius 2 is 2.11 bits per heavy atom. The van der Waals surface area contributed by atoms with E-state index in [1.54, 1.807) is 0 Å². The highest BCUT2D eigenvalue weighted by atomic mass is 32.2. The van der Waals surface area contributed by atoms with E-state index in [2.05, 4.69) is 0 Å². The maximum absolute atomic E-state index is 10.1. The molecule has 0 saturated heterocycles. The normalized spacial score (nSPS) is 15.6. The highest BCUT2D eigenvalue weighted by Crippen LogP contribution is 2.02. The van der Waals surface area contributed by atoms with Crippen LogP contribution in [-0.2, 0) is 11.1 Å². The molecule has 0 aliphatic carbocycles. The van der Waals surface area contributed by atoms with Crippen LogP contribution in [-0.4, -0.2) is 20.1 Å². The zero-order chi connectivity index (χ0) is 7.49. The van der Waals surface area contributed by atoms with Gasteiger partial charge in [-0.25, -0.2) is 4.21 Å². The number of rotatable bonds is 3. The zero-order valence-electron chi connectivity index (χ0n) is 5.76. The predicted octanol–water partition coefficient (Wildman–Crippen LogP) is 0.336. The van der Waals surface area contributed by atoms with E-state index in [9.17, 15) is 4.21 Å². The van der Waals surface area contributed by atoms with Crippen LogP contribution in [0.25, 0.3) is 0 Å². The maximum Gasteiger partial charge on any atom is 0.152 e. The van der Waals surface area contributed by atoms with Crippen molar-refractivity contribution in [3.05, 3.63) is 0 Å². The van der Waals surface area contributed by atoms with Crippen LogP contribution in [0.4, 0.5) is 0 Å². The topological polar surface area (TPSA) is 63.3 Å². The smallest absolute Gasteiger partial charge is 0.152 e. The summed E-state index contributed by atoms with van der Waals surface area (Å²) < 4.78 is 18.4. The van der Waals surface area contributed by atoms with Gasteiger partial charge in [0, 0.05) is 5.54 Å². The SMILES string of the molecule is CC(C)(N)CCS(=O)O. The molecule has 56 valence electrons. The summed E-state index contributed by atoms with van der Waals surface area (Å²) in [6.07, 6.45) is 0.579. The highest BCUT2D eigenvalue weighted by Gasteiger charge is 2.10. The molecule has 4 heteroatoms. The van der Waals surface area contributed by atoms with Crippen molar-refractivity contribution in [2.45, 2.75) is 25.8 Å². The predicted molar refractivity (Wildman–Crippen MR) is 38.5 cm³/mol. The van der Waals surface area contributed by atoms with Crippen LogP contribution in [0.1, 0.15) is 20.3 Å². The zero-order valence-corrected chi connectivity index (χ0v) is 6.57. The lowest BCUT2D eigenvalue weighted by Gasteiger charge is -2.15. The molecule has 1 atom stereocenters. The van der Waals surface area contributed by atoms with Gasteiger partial charge in [0.2, 0.25) is 0 Å². The Balaban J connectivity index is 3.39. The van der Waals surface area contributed by atoms with Crippen molar-refractivity contribution in [3.63, 3.8) is 0 Å². The van der Waals surface area contributed by atoms with Gasteiger partial charge in [-0.15, -0.1) is 0 Å². The lowest BCUT2D eigenvalue weighted by atomic mass is 10.0. The maximum atomic E-state index is 10.1. The first-order chi connectivity index (χ1) is 3.92. The molecule has 0 heterocycles. The van der Waals surface area contributed by atoms with E-state index in [0.717, 1.165) is 0 Å². The molecule has 0 aromatic heterocycles. The van der Waals surface area contributed by atoms with Crippen LogP contribution in [0.5, 0.6) is 0 Å². The average Bonchev–Trinajstić information content (AvgIpc) is 1.59. The van der Waals surface area contributed by atoms with E-state index in [4.69, 9.17) is 10.3 Å². The van der Waals surface area contributed by atoms with E-state index in [0.29, 0.717) is 6.42 Å². The number of hydrogen-bond donors (Lipinski definition) is 2. The summed E-state index contributed by atoms with van der Waals surface area (Å²) in [4.78, 5) is 0. The van der Waals surface area contributed by atoms with Gasteiger partial charge in [-0.1, -0.05) is 0 Å². The molecule has 0 aromatic carbocycles. The summed E-state index contributed by atoms with van der Waals surface area (Å²) in [5.41, 5.74) is 5.22. The molecule has 3 N–H and O–H groups in total. The first-order valence-corrected chi connectivity index (χ1v) is 4.06. The van der Waals surface area contributed by atoms with E-state index in [1.165, 1.54) is 0 Å². The molecular formula is C5H13NO2S. The number of nitrogens with two attached hydrogens (primary N) is 1. The summed E-state index contributed by atoms with van der Waals surface area (Å²) >= 11 is -1.69. The van der Waals surface area contributed by atoms with Gasteiger partial charge in [0.1, 0.15) is 0 Å². The molecule has 0 spiro atoms. The average molecular weight is 151 g/mol. The summed E-state index contributed by atoms with van der Waals surface area (Å²) in [5.74, 6) is 0.267. The van der Waals surface area contributed by atoms with E-state index in [1.807, 2.05) is 13.8 Å². The Bertz CT molecular complexity index is 108. The largest absolute Gasteiger partial charge is 0.326 e. The minimum atomic E-state index is -1.69. The van der Waals surface area contributed by atoms with Crippen LogP contribution >= 0.6 is 0 Å². The first kappa shape index (κ1) is 9.07. The van der Waals surface area contributed by atoms with Crippen molar-refractivity contribution in [1.29, 1.82) is 0 Å². The monoisotopic (exact) mass is 151 g/mol. The molecule has 1 unspecified atom stereocenters. The lowest BCUT2D eigenvalue weighted by Crippen LogP contribution is -2.33. The summed E-state index contributed by atoms with van der Waals surface area (Å²) in [6.45, 7) is 3.67. The molecule has 9 heavy (non-hydrogen) atoms. The fourth-order valence-corrected chi connectivity index (χ4v) is 1.05. The second-order valence-electron chi connectivity index (χ2n) is 2.76. The molecule has 0 rings (SSSR count). The Labute approximate surface area is 57.9 Å². The Morgan fingerprint density at radius 1 is 1.67 bits per heavy atom. The van der Waals surface area contributed by atoms with Crippen LogP contribution in [0.15, 0.2) is 0 Å². The Hall–Kier alpha value is 0.0700. The molecule has 0 saturated carbocycles. The van der Waals surface area contributed by atoms with Gasteiger partial charge in [-0.2, -0.15) is 0 Å². The second kappa shape index (κ2) is 3.29. The van der Waals surface area contributed by atoms with Gasteiger partial charge in [0.05, 0.1) is 5.75 Å². The first-order valence-electron chi connectivity index (χ1n) is 2.78. The van der Waals surface area contributed by atoms with Crippen molar-refractivity contribution < 1.29 is 8.76 Å². The van der Waals surface area contributed by atoms with Crippen molar-refractivity contribution in [3.8, 4) is 0 Å². The quantitative estimate of drug-likeness (QED) is 0.571. The van der Waals surface area contributed by atoms with Crippen molar-refractivity contribution in [2.75, 3.05) is 5.75 Å². The van der Waals surface area contributed by atoms with E-state index >= 15 is 0 Å². The molecular weight excluding hydrogens is 138 g/mol. The third-order valence-corrected chi connectivity index (χ3v) is 1.47. The van der Waals surface area contributed by atoms with Gasteiger partial charge in [-0.05, 0) is 20.3 Å². The number of hydrogen-bond acceptors (Lipinski definition) is 2. The van der Waals surface area contributed by atoms with E-state index in [-0.39, 0.29) is 11.3 Å². The molecule has 0 aliphatic rings. The molecule has 3 nitrogen and oxygen atoms in total. The van der Waals surface area contributed by atoms with Crippen molar-refractivity contribution >= 4 is 11.1 Å². The van der Waals surface area contributed by atoms with Gasteiger partial charge >= 0.3 is 0 Å². The Morgan fingerprint density at radius 3 is 2.22 bits per heavy atom. The summed E-state index contributed by atoms with van der Waals surface area (Å²) in [7, 11) is 0. The van der Waals surface area contributed by atoms with Gasteiger partial charge in [-0.3, -0.25) is 0 Å². The third kappa shape index (κ3) is 8.07. The standard InChI is InChI=1S/C5H13NO2S/c1-5(2,6)3-4-9(7)8/h3-4,6H2,1-2H3,(H,7,8). The molecule has 0 fully saturated rings. The molecule has 0 aromatic rings. The van der Waals surface area contributed by atoms with Crippen molar-refractivity contribution in [1.82, 2.24) is 0 Å². The summed E-state index contributed by atoms with van der Waals surface area (Å²) in [6, 6.07) is 0. The molecule has 0 bridgehead atoms. The molecule has 0 radical (unpaired) electrons. The fraction of sp³-hybridized carbons (Fsp3) is 1.00. The van der Waals surface area contributed by atoms with Crippen LogP contribution in [0.3, 0.4) is 0 Å². The van der Waals surface area contributed by atoms with E-state index < -0.39 is 11.1 Å². The minimum Gasteiger partial charge on any atom is -0.326 e. The van der Waals surface area contributed by atoms with Crippen LogP contribution in [0, 0.1) is 0 Å².